The summed E-state index contributed by atoms with van der Waals surface area (Å²) in [7, 11) is 0. The molecule has 0 aliphatic carbocycles. The number of allylic oxidation sites excluding steroid dienone is 3. The summed E-state index contributed by atoms with van der Waals surface area (Å²) in [5.74, 6) is -0.225. The highest BCUT2D eigenvalue weighted by molar-refractivity contribution is 6.34. The van der Waals surface area contributed by atoms with Crippen LogP contribution in [0.25, 0.3) is 33.4 Å². The van der Waals surface area contributed by atoms with Crippen LogP contribution in [0.15, 0.2) is 96.0 Å². The number of β-amino-alcohol motifs (C(OH)–C–C–N with tert-alkyl or cyclic N) is 1. The van der Waals surface area contributed by atoms with Gasteiger partial charge in [0.25, 0.3) is 11.8 Å². The zero-order valence-corrected chi connectivity index (χ0v) is 41.5. The van der Waals surface area contributed by atoms with E-state index in [1.165, 1.54) is 0 Å². The van der Waals surface area contributed by atoms with Crippen molar-refractivity contribution in [3.63, 3.8) is 0 Å². The van der Waals surface area contributed by atoms with Gasteiger partial charge >= 0.3 is 0 Å². The fourth-order valence-electron chi connectivity index (χ4n) is 9.09. The molecule has 5 aromatic rings. The van der Waals surface area contributed by atoms with E-state index in [2.05, 4.69) is 71.5 Å². The molecule has 0 saturated carbocycles. The molecule has 3 aromatic heterocycles. The Morgan fingerprint density at radius 3 is 2.12 bits per heavy atom. The molecule has 2 N–H and O–H groups in total. The topological polar surface area (TPSA) is 132 Å². The minimum atomic E-state index is -0.510. The van der Waals surface area contributed by atoms with Gasteiger partial charge in [-0.25, -0.2) is 0 Å². The normalized spacial score (nSPS) is 16.8. The number of pyridine rings is 3. The Labute approximate surface area is 405 Å². The lowest BCUT2D eigenvalue weighted by Crippen LogP contribution is -2.42. The predicted octanol–water partition coefficient (Wildman–Crippen LogP) is 11.4. The first-order valence-electron chi connectivity index (χ1n) is 23.1. The van der Waals surface area contributed by atoms with E-state index in [0.717, 1.165) is 79.2 Å². The van der Waals surface area contributed by atoms with Gasteiger partial charge in [-0.15, -0.1) is 0 Å². The van der Waals surface area contributed by atoms with Crippen molar-refractivity contribution >= 4 is 52.9 Å². The number of amides is 2. The standard InChI is InChI=1S/C55H62Cl2N6O4/c1-33(43-14-12-37(24-48(43)56)52(66)62-21-17-41(64)18-22-62)34(2)45(29-58-9)36-16-19-60-51(26-36)55(7,8)28-40-23-39(27-50(61-40)54(4,5)6)46-30-59-31-47(35(46)3)44-15-13-38(25-49(44)57)53(67)63-20-10-11-42(65)32-63/h12-16,19,23-27,29-31,41-42,64-65H,9-11,17-18,20-22,28,32H2,1-8H3/b34-33+,45-29+. The summed E-state index contributed by atoms with van der Waals surface area (Å²) in [5.41, 5.74) is 12.1. The first-order valence-corrected chi connectivity index (χ1v) is 23.8. The molecule has 5 heterocycles. The molecule has 2 aliphatic heterocycles. The quantitative estimate of drug-likeness (QED) is 0.0995. The number of benzene rings is 2. The molecule has 2 aromatic carbocycles. The minimum Gasteiger partial charge on any atom is -0.393 e. The number of carbonyl (C=O) groups is 2. The number of aliphatic hydroxyl groups is 2. The number of halogens is 2. The van der Waals surface area contributed by atoms with Crippen molar-refractivity contribution in [2.75, 3.05) is 26.2 Å². The molecule has 67 heavy (non-hydrogen) atoms. The van der Waals surface area contributed by atoms with Gasteiger partial charge in [-0.3, -0.25) is 29.5 Å². The second kappa shape index (κ2) is 20.4. The monoisotopic (exact) mass is 940 g/mol. The van der Waals surface area contributed by atoms with Crippen molar-refractivity contribution in [1.29, 1.82) is 0 Å². The smallest absolute Gasteiger partial charge is 0.253 e. The van der Waals surface area contributed by atoms with Crippen LogP contribution in [0.4, 0.5) is 0 Å². The van der Waals surface area contributed by atoms with Crippen LogP contribution in [0.1, 0.15) is 129 Å². The highest BCUT2D eigenvalue weighted by Crippen LogP contribution is 2.39. The van der Waals surface area contributed by atoms with E-state index in [4.69, 9.17) is 38.2 Å². The van der Waals surface area contributed by atoms with Crippen LogP contribution in [0, 0.1) is 6.92 Å². The third-order valence-corrected chi connectivity index (χ3v) is 13.9. The maximum atomic E-state index is 13.3. The molecule has 350 valence electrons. The molecule has 1 unspecified atom stereocenters. The number of nitrogens with zero attached hydrogens (tertiary/aromatic N) is 6. The third-order valence-electron chi connectivity index (χ3n) is 13.3. The molecule has 2 amide bonds. The van der Waals surface area contributed by atoms with E-state index < -0.39 is 11.5 Å². The molecular weight excluding hydrogens is 880 g/mol. The van der Waals surface area contributed by atoms with E-state index in [1.54, 1.807) is 34.2 Å². The lowest BCUT2D eigenvalue weighted by Gasteiger charge is -2.30. The molecule has 2 fully saturated rings. The zero-order chi connectivity index (χ0) is 48.4. The summed E-state index contributed by atoms with van der Waals surface area (Å²) >= 11 is 13.8. The number of hydrogen-bond donors (Lipinski definition) is 2. The van der Waals surface area contributed by atoms with Crippen LogP contribution < -0.4 is 0 Å². The Bertz CT molecular complexity index is 2770. The van der Waals surface area contributed by atoms with E-state index in [1.807, 2.05) is 56.7 Å². The Hall–Kier alpha value is -5.52. The summed E-state index contributed by atoms with van der Waals surface area (Å²) in [4.78, 5) is 49.2. The van der Waals surface area contributed by atoms with E-state index in [0.29, 0.717) is 73.0 Å². The van der Waals surface area contributed by atoms with Crippen LogP contribution in [0.5, 0.6) is 0 Å². The van der Waals surface area contributed by atoms with Gasteiger partial charge in [0.15, 0.2) is 0 Å². The summed E-state index contributed by atoms with van der Waals surface area (Å²) in [6, 6.07) is 19.2. The molecule has 2 saturated heterocycles. The van der Waals surface area contributed by atoms with Crippen molar-refractivity contribution in [3.8, 4) is 22.3 Å². The van der Waals surface area contributed by atoms with Crippen LogP contribution in [0.2, 0.25) is 10.0 Å². The Balaban J connectivity index is 1.16. The number of carbonyl (C=O) groups excluding carboxylic acids is 2. The molecule has 0 bridgehead atoms. The van der Waals surface area contributed by atoms with Gasteiger partial charge in [-0.1, -0.05) is 70.0 Å². The van der Waals surface area contributed by atoms with Gasteiger partial charge < -0.3 is 20.0 Å². The molecule has 1 atom stereocenters. The van der Waals surface area contributed by atoms with E-state index in [-0.39, 0.29) is 23.3 Å². The Morgan fingerprint density at radius 1 is 0.791 bits per heavy atom. The van der Waals surface area contributed by atoms with E-state index >= 15 is 0 Å². The fraction of sp³-hybridized carbons (Fsp3) is 0.382. The highest BCUT2D eigenvalue weighted by Gasteiger charge is 2.29. The second-order valence-electron chi connectivity index (χ2n) is 19.8. The van der Waals surface area contributed by atoms with Crippen molar-refractivity contribution in [2.45, 2.75) is 111 Å². The van der Waals surface area contributed by atoms with Crippen LogP contribution in [-0.4, -0.2) is 91.9 Å². The van der Waals surface area contributed by atoms with Crippen molar-refractivity contribution in [2.24, 2.45) is 4.99 Å². The molecule has 2 aliphatic rings. The van der Waals surface area contributed by atoms with Crippen LogP contribution >= 0.6 is 23.2 Å². The third kappa shape index (κ3) is 11.1. The molecular formula is C55H62Cl2N6O4. The molecule has 12 heteroatoms. The van der Waals surface area contributed by atoms with Crippen molar-refractivity contribution in [3.05, 3.63) is 146 Å². The zero-order valence-electron chi connectivity index (χ0n) is 40.0. The predicted molar refractivity (Wildman–Crippen MR) is 272 cm³/mol. The number of hydrogen-bond acceptors (Lipinski definition) is 8. The number of piperidine rings is 2. The Kier molecular flexibility index (Phi) is 15.0. The SMILES string of the molecule is C=N/C=C(\C(C)=C(/C)c1ccc(C(=O)N2CCC(O)CC2)cc1Cl)c1ccnc(C(C)(C)Cc2cc(-c3cncc(-c4ccc(C(=O)N5CCCC(O)C5)cc4Cl)c3C)cc(C(C)(C)C)n2)c1. The largest absolute Gasteiger partial charge is 0.393 e. The fourth-order valence-corrected chi connectivity index (χ4v) is 9.70. The molecule has 0 spiro atoms. The number of aromatic nitrogens is 3. The summed E-state index contributed by atoms with van der Waals surface area (Å²) in [6.45, 7) is 22.7. The number of rotatable bonds is 11. The van der Waals surface area contributed by atoms with Crippen molar-refractivity contribution in [1.82, 2.24) is 24.8 Å². The number of aliphatic imine (C=N–C) groups is 1. The first kappa shape index (κ1) is 49.4. The van der Waals surface area contributed by atoms with Gasteiger partial charge in [0.1, 0.15) is 0 Å². The maximum Gasteiger partial charge on any atom is 0.253 e. The van der Waals surface area contributed by atoms with Crippen molar-refractivity contribution < 1.29 is 19.8 Å². The minimum absolute atomic E-state index is 0.0881. The van der Waals surface area contributed by atoms with Gasteiger partial charge in [-0.2, -0.15) is 0 Å². The summed E-state index contributed by atoms with van der Waals surface area (Å²) in [6.07, 6.45) is 9.62. The van der Waals surface area contributed by atoms with Gasteiger partial charge in [-0.05, 0) is 135 Å². The second-order valence-corrected chi connectivity index (χ2v) is 20.6. The van der Waals surface area contributed by atoms with Gasteiger partial charge in [0.05, 0.1) is 12.2 Å². The lowest BCUT2D eigenvalue weighted by atomic mass is 9.81. The first-order chi connectivity index (χ1) is 31.7. The molecule has 10 nitrogen and oxygen atoms in total. The van der Waals surface area contributed by atoms with Gasteiger partial charge in [0.2, 0.25) is 0 Å². The van der Waals surface area contributed by atoms with Crippen LogP contribution in [-0.2, 0) is 17.3 Å². The van der Waals surface area contributed by atoms with Crippen LogP contribution in [0.3, 0.4) is 0 Å². The summed E-state index contributed by atoms with van der Waals surface area (Å²) in [5, 5.41) is 21.0. The Morgan fingerprint density at radius 2 is 1.46 bits per heavy atom. The average molecular weight is 942 g/mol. The molecule has 0 radical (unpaired) electrons. The number of likely N-dealkylation sites (tertiary alicyclic amines) is 2. The summed E-state index contributed by atoms with van der Waals surface area (Å²) < 4.78 is 0. The van der Waals surface area contributed by atoms with E-state index in [9.17, 15) is 19.8 Å². The lowest BCUT2D eigenvalue weighted by molar-refractivity contribution is 0.0473. The highest BCUT2D eigenvalue weighted by atomic mass is 35.5. The molecule has 7 rings (SSSR count). The maximum absolute atomic E-state index is 13.3. The average Bonchev–Trinajstić information content (AvgIpc) is 3.29. The number of aliphatic hydroxyl groups excluding tert-OH is 2. The van der Waals surface area contributed by atoms with Gasteiger partial charge in [0, 0.05) is 129 Å².